The Morgan fingerprint density at radius 1 is 0.909 bits per heavy atom. The fourth-order valence-electron chi connectivity index (χ4n) is 3.04. The van der Waals surface area contributed by atoms with E-state index >= 15 is 0 Å². The molecule has 0 saturated carbocycles. The Kier molecular flexibility index (Phi) is 15.7. The number of carboxylic acids is 1. The minimum Gasteiger partial charge on any atom is -0.480 e. The summed E-state index contributed by atoms with van der Waals surface area (Å²) in [6.07, 6.45) is 2.79. The van der Waals surface area contributed by atoms with Crippen molar-refractivity contribution in [3.05, 3.63) is 0 Å². The number of hydrogen-bond acceptors (Lipinski definition) is 8. The third-order valence-corrected chi connectivity index (χ3v) is 5.58. The van der Waals surface area contributed by atoms with Crippen molar-refractivity contribution >= 4 is 35.5 Å². The molecule has 9 N–H and O–H groups in total. The van der Waals surface area contributed by atoms with Gasteiger partial charge >= 0.3 is 5.97 Å². The van der Waals surface area contributed by atoms with Crippen molar-refractivity contribution in [3.63, 3.8) is 0 Å². The molecular formula is C21H41N5O6S. The molecule has 192 valence electrons. The minimum absolute atomic E-state index is 0.00563. The summed E-state index contributed by atoms with van der Waals surface area (Å²) < 4.78 is 0. The highest BCUT2D eigenvalue weighted by atomic mass is 32.2. The van der Waals surface area contributed by atoms with Gasteiger partial charge in [0, 0.05) is 0 Å². The predicted octanol–water partition coefficient (Wildman–Crippen LogP) is -0.838. The van der Waals surface area contributed by atoms with Gasteiger partial charge in [-0.05, 0) is 57.1 Å². The summed E-state index contributed by atoms with van der Waals surface area (Å²) in [6, 6.07) is -4.32. The van der Waals surface area contributed by atoms with Crippen molar-refractivity contribution in [2.75, 3.05) is 18.6 Å². The second kappa shape index (κ2) is 16.7. The summed E-state index contributed by atoms with van der Waals surface area (Å²) in [4.78, 5) is 49.5. The van der Waals surface area contributed by atoms with Gasteiger partial charge < -0.3 is 37.6 Å². The maximum Gasteiger partial charge on any atom is 0.326 e. The molecule has 33 heavy (non-hydrogen) atoms. The highest BCUT2D eigenvalue weighted by Crippen LogP contribution is 2.09. The van der Waals surface area contributed by atoms with Gasteiger partial charge in [0.25, 0.3) is 0 Å². The van der Waals surface area contributed by atoms with Gasteiger partial charge in [-0.2, -0.15) is 11.8 Å². The normalized spacial score (nSPS) is 15.8. The zero-order valence-corrected chi connectivity index (χ0v) is 20.8. The average molecular weight is 492 g/mol. The number of unbranched alkanes of at least 4 members (excludes halogenated alkanes) is 1. The number of rotatable bonds is 17. The van der Waals surface area contributed by atoms with E-state index in [0.717, 1.165) is 0 Å². The largest absolute Gasteiger partial charge is 0.480 e. The van der Waals surface area contributed by atoms with E-state index in [-0.39, 0.29) is 18.8 Å². The van der Waals surface area contributed by atoms with Gasteiger partial charge in [0.1, 0.15) is 18.1 Å². The Hall–Kier alpha value is -1.89. The zero-order valence-electron chi connectivity index (χ0n) is 20.0. The fourth-order valence-corrected chi connectivity index (χ4v) is 3.51. The Labute approximate surface area is 200 Å². The van der Waals surface area contributed by atoms with E-state index < -0.39 is 54.0 Å². The van der Waals surface area contributed by atoms with E-state index in [0.29, 0.717) is 31.6 Å². The molecular weight excluding hydrogens is 450 g/mol. The van der Waals surface area contributed by atoms with Crippen LogP contribution in [-0.2, 0) is 19.2 Å². The van der Waals surface area contributed by atoms with Crippen LogP contribution in [0.3, 0.4) is 0 Å². The molecule has 0 saturated heterocycles. The van der Waals surface area contributed by atoms with Gasteiger partial charge in [0.15, 0.2) is 0 Å². The predicted molar refractivity (Wildman–Crippen MR) is 128 cm³/mol. The Balaban J connectivity index is 5.30. The summed E-state index contributed by atoms with van der Waals surface area (Å²) >= 11 is 1.46. The van der Waals surface area contributed by atoms with Gasteiger partial charge in [-0.25, -0.2) is 4.79 Å². The number of aliphatic carboxylic acids is 1. The Morgan fingerprint density at radius 2 is 1.52 bits per heavy atom. The van der Waals surface area contributed by atoms with Crippen LogP contribution in [-0.4, -0.2) is 82.7 Å². The topological polar surface area (TPSA) is 197 Å². The van der Waals surface area contributed by atoms with E-state index in [1.807, 2.05) is 20.1 Å². The van der Waals surface area contributed by atoms with E-state index in [2.05, 4.69) is 16.0 Å². The number of carbonyl (C=O) groups is 4. The first-order valence-electron chi connectivity index (χ1n) is 11.2. The molecule has 0 radical (unpaired) electrons. The molecule has 0 aliphatic heterocycles. The maximum absolute atomic E-state index is 12.8. The summed E-state index contributed by atoms with van der Waals surface area (Å²) in [6.45, 7) is 5.52. The number of nitrogens with two attached hydrogens (primary N) is 2. The average Bonchev–Trinajstić information content (AvgIpc) is 2.73. The molecule has 0 bridgehead atoms. The molecule has 0 heterocycles. The third-order valence-electron chi connectivity index (χ3n) is 4.93. The third kappa shape index (κ3) is 12.8. The molecule has 3 amide bonds. The lowest BCUT2D eigenvalue weighted by molar-refractivity contribution is -0.142. The van der Waals surface area contributed by atoms with Crippen molar-refractivity contribution in [1.82, 2.24) is 16.0 Å². The fraction of sp³-hybridized carbons (Fsp3) is 0.810. The van der Waals surface area contributed by atoms with Crippen molar-refractivity contribution in [2.45, 2.75) is 83.1 Å². The molecule has 0 aliphatic rings. The number of nitrogens with one attached hydrogen (secondary N) is 3. The quantitative estimate of drug-likeness (QED) is 0.127. The van der Waals surface area contributed by atoms with Crippen LogP contribution in [0.2, 0.25) is 0 Å². The summed E-state index contributed by atoms with van der Waals surface area (Å²) in [5.41, 5.74) is 11.3. The van der Waals surface area contributed by atoms with Crippen LogP contribution in [0.15, 0.2) is 0 Å². The molecule has 0 aromatic carbocycles. The van der Waals surface area contributed by atoms with Crippen LogP contribution in [0.1, 0.15) is 52.9 Å². The molecule has 11 nitrogen and oxygen atoms in total. The van der Waals surface area contributed by atoms with Gasteiger partial charge in [-0.3, -0.25) is 14.4 Å². The number of carbonyl (C=O) groups excluding carboxylic acids is 3. The lowest BCUT2D eigenvalue weighted by Crippen LogP contribution is -2.60. The summed E-state index contributed by atoms with van der Waals surface area (Å²) in [5.74, 6) is -2.61. The van der Waals surface area contributed by atoms with E-state index in [9.17, 15) is 29.4 Å². The van der Waals surface area contributed by atoms with Crippen LogP contribution < -0.4 is 27.4 Å². The number of aliphatic hydroxyl groups is 1. The molecule has 0 aliphatic carbocycles. The van der Waals surface area contributed by atoms with E-state index in [4.69, 9.17) is 11.5 Å². The number of amides is 3. The molecule has 5 atom stereocenters. The van der Waals surface area contributed by atoms with Crippen molar-refractivity contribution in [1.29, 1.82) is 0 Å². The first-order chi connectivity index (χ1) is 15.4. The number of thioether (sulfide) groups is 1. The van der Waals surface area contributed by atoms with Crippen LogP contribution in [0.4, 0.5) is 0 Å². The van der Waals surface area contributed by atoms with Crippen molar-refractivity contribution in [2.24, 2.45) is 17.4 Å². The molecule has 12 heteroatoms. The molecule has 0 spiro atoms. The van der Waals surface area contributed by atoms with Crippen LogP contribution in [0, 0.1) is 5.92 Å². The molecule has 0 fully saturated rings. The Bertz CT molecular complexity index is 634. The smallest absolute Gasteiger partial charge is 0.326 e. The van der Waals surface area contributed by atoms with Gasteiger partial charge in [0.2, 0.25) is 17.7 Å². The lowest BCUT2D eigenvalue weighted by atomic mass is 10.0. The summed E-state index contributed by atoms with van der Waals surface area (Å²) in [5, 5.41) is 26.9. The number of aliphatic hydroxyl groups excluding tert-OH is 1. The maximum atomic E-state index is 12.8. The first-order valence-corrected chi connectivity index (χ1v) is 12.6. The second-order valence-corrected chi connectivity index (χ2v) is 9.48. The van der Waals surface area contributed by atoms with Crippen LogP contribution >= 0.6 is 11.8 Å². The van der Waals surface area contributed by atoms with E-state index in [1.165, 1.54) is 18.7 Å². The Morgan fingerprint density at radius 3 is 2.00 bits per heavy atom. The standard InChI is InChI=1S/C21H41N5O6S/c1-12(2)11-16(19(29)24-15(21(31)32)8-10-33-4)25-20(30)17(13(3)27)26-18(28)14(23)7-5-6-9-22/h12-17,27H,5-11,22-23H2,1-4H3,(H,24,29)(H,25,30)(H,26,28)(H,31,32). The van der Waals surface area contributed by atoms with Crippen molar-refractivity contribution in [3.8, 4) is 0 Å². The zero-order chi connectivity index (χ0) is 25.6. The SMILES string of the molecule is CSCCC(NC(=O)C(CC(C)C)NC(=O)C(NC(=O)C(N)CCCCN)C(C)O)C(=O)O. The lowest BCUT2D eigenvalue weighted by Gasteiger charge is -2.27. The van der Waals surface area contributed by atoms with Gasteiger partial charge in [0.05, 0.1) is 12.1 Å². The first kappa shape index (κ1) is 31.1. The van der Waals surface area contributed by atoms with Crippen molar-refractivity contribution < 1.29 is 29.4 Å². The minimum atomic E-state index is -1.33. The van der Waals surface area contributed by atoms with Crippen LogP contribution in [0.5, 0.6) is 0 Å². The molecule has 0 aromatic rings. The highest BCUT2D eigenvalue weighted by Gasteiger charge is 2.32. The monoisotopic (exact) mass is 491 g/mol. The molecule has 0 aromatic heterocycles. The molecule has 5 unspecified atom stereocenters. The van der Waals surface area contributed by atoms with Gasteiger partial charge in [-0.15, -0.1) is 0 Å². The highest BCUT2D eigenvalue weighted by molar-refractivity contribution is 7.98. The summed E-state index contributed by atoms with van der Waals surface area (Å²) in [7, 11) is 0. The van der Waals surface area contributed by atoms with E-state index in [1.54, 1.807) is 0 Å². The second-order valence-electron chi connectivity index (χ2n) is 8.49. The van der Waals surface area contributed by atoms with Crippen LogP contribution in [0.25, 0.3) is 0 Å². The van der Waals surface area contributed by atoms with Gasteiger partial charge in [-0.1, -0.05) is 20.3 Å². The number of carboxylic acid groups (broad SMARTS) is 1. The number of hydrogen-bond donors (Lipinski definition) is 7. The molecule has 0 rings (SSSR count).